The van der Waals surface area contributed by atoms with Gasteiger partial charge in [-0.1, -0.05) is 6.07 Å². The average Bonchev–Trinajstić information content (AvgIpc) is 3.40. The Kier molecular flexibility index (Phi) is 3.93. The minimum absolute atomic E-state index is 0.265. The topological polar surface area (TPSA) is 82.8 Å². The molecule has 3 heterocycles. The van der Waals surface area contributed by atoms with Crippen molar-refractivity contribution >= 4 is 11.6 Å². The van der Waals surface area contributed by atoms with Crippen LogP contribution in [-0.4, -0.2) is 33.5 Å². The van der Waals surface area contributed by atoms with E-state index in [9.17, 15) is 0 Å². The van der Waals surface area contributed by atoms with Gasteiger partial charge in [0, 0.05) is 18.2 Å². The Bertz CT molecular complexity index is 1140. The van der Waals surface area contributed by atoms with E-state index < -0.39 is 0 Å². The van der Waals surface area contributed by atoms with Gasteiger partial charge in [0.15, 0.2) is 11.5 Å². The van der Waals surface area contributed by atoms with Crippen LogP contribution in [0.15, 0.2) is 54.9 Å². The van der Waals surface area contributed by atoms with E-state index in [2.05, 4.69) is 20.4 Å². The molecule has 0 aliphatic carbocycles. The summed E-state index contributed by atoms with van der Waals surface area (Å²) in [5, 5.41) is 7.68. The van der Waals surface area contributed by atoms with Crippen molar-refractivity contribution in [1.82, 2.24) is 19.6 Å². The largest absolute Gasteiger partial charge is 0.497 e. The lowest BCUT2D eigenvalue weighted by molar-refractivity contribution is 0.174. The summed E-state index contributed by atoms with van der Waals surface area (Å²) in [7, 11) is 1.65. The molecule has 0 radical (unpaired) electrons. The molecule has 0 unspecified atom stereocenters. The fraction of sp³-hybridized carbons (Fsp3) is 0.150. The third-order valence-corrected chi connectivity index (χ3v) is 4.55. The zero-order valence-electron chi connectivity index (χ0n) is 15.1. The van der Waals surface area contributed by atoms with Crippen molar-refractivity contribution in [2.75, 3.05) is 19.2 Å². The van der Waals surface area contributed by atoms with Crippen LogP contribution in [0.4, 0.5) is 5.82 Å². The third kappa shape index (κ3) is 2.94. The first kappa shape index (κ1) is 16.4. The molecule has 1 aliphatic heterocycles. The third-order valence-electron chi connectivity index (χ3n) is 4.55. The Morgan fingerprint density at radius 2 is 1.93 bits per heavy atom. The summed E-state index contributed by atoms with van der Waals surface area (Å²) in [5.74, 6) is 3.66. The highest BCUT2D eigenvalue weighted by Gasteiger charge is 2.14. The van der Waals surface area contributed by atoms with Gasteiger partial charge in [0.2, 0.25) is 6.79 Å². The molecule has 0 amide bonds. The van der Waals surface area contributed by atoms with E-state index in [1.54, 1.807) is 11.6 Å². The minimum atomic E-state index is 0.265. The molecule has 8 nitrogen and oxygen atoms in total. The summed E-state index contributed by atoms with van der Waals surface area (Å²) in [5.41, 5.74) is 2.84. The van der Waals surface area contributed by atoms with Gasteiger partial charge in [-0.25, -0.2) is 4.98 Å². The second-order valence-electron chi connectivity index (χ2n) is 6.27. The Balaban J connectivity index is 1.45. The zero-order valence-corrected chi connectivity index (χ0v) is 15.1. The fourth-order valence-electron chi connectivity index (χ4n) is 3.09. The predicted molar refractivity (Wildman–Crippen MR) is 103 cm³/mol. The van der Waals surface area contributed by atoms with Crippen LogP contribution < -0.4 is 19.5 Å². The number of ether oxygens (including phenoxy) is 3. The van der Waals surface area contributed by atoms with Crippen molar-refractivity contribution in [3.05, 3.63) is 60.4 Å². The van der Waals surface area contributed by atoms with Gasteiger partial charge in [0.1, 0.15) is 17.9 Å². The molecule has 0 spiro atoms. The molecule has 2 aromatic carbocycles. The van der Waals surface area contributed by atoms with Crippen molar-refractivity contribution in [2.45, 2.75) is 6.54 Å². The molecule has 28 heavy (non-hydrogen) atoms. The summed E-state index contributed by atoms with van der Waals surface area (Å²) in [6.07, 6.45) is 1.49. The molecule has 2 aromatic heterocycles. The summed E-state index contributed by atoms with van der Waals surface area (Å²) < 4.78 is 17.7. The quantitative estimate of drug-likeness (QED) is 0.574. The minimum Gasteiger partial charge on any atom is -0.497 e. The molecule has 0 bridgehead atoms. The number of rotatable bonds is 5. The second kappa shape index (κ2) is 6.73. The van der Waals surface area contributed by atoms with Gasteiger partial charge in [-0.05, 0) is 42.0 Å². The molecule has 140 valence electrons. The first-order valence-electron chi connectivity index (χ1n) is 8.78. The second-order valence-corrected chi connectivity index (χ2v) is 6.27. The predicted octanol–water partition coefficient (Wildman–Crippen LogP) is 3.14. The molecule has 0 saturated heterocycles. The van der Waals surface area contributed by atoms with E-state index >= 15 is 0 Å². The molecule has 1 aliphatic rings. The summed E-state index contributed by atoms with van der Waals surface area (Å²) >= 11 is 0. The molecular weight excluding hydrogens is 358 g/mol. The van der Waals surface area contributed by atoms with E-state index in [0.717, 1.165) is 39.9 Å². The van der Waals surface area contributed by atoms with Crippen LogP contribution >= 0.6 is 0 Å². The maximum atomic E-state index is 5.45. The maximum absolute atomic E-state index is 5.45. The van der Waals surface area contributed by atoms with Crippen LogP contribution in [0, 0.1) is 0 Å². The SMILES string of the molecule is COc1ccc(-c2cc(NCc3ccc4c(c3)OCO4)n3ncnc3n2)cc1. The number of fused-ring (bicyclic) bond motifs is 2. The fourth-order valence-corrected chi connectivity index (χ4v) is 3.09. The standard InChI is InChI=1S/C20H17N5O3/c1-26-15-5-3-14(4-6-15)16-9-19(25-20(24-16)22-11-23-25)21-10-13-2-7-17-18(8-13)28-12-27-17/h2-9,11,21H,10,12H2,1H3. The smallest absolute Gasteiger partial charge is 0.254 e. The van der Waals surface area contributed by atoms with Crippen molar-refractivity contribution < 1.29 is 14.2 Å². The van der Waals surface area contributed by atoms with Crippen LogP contribution in [0.25, 0.3) is 17.0 Å². The highest BCUT2D eigenvalue weighted by atomic mass is 16.7. The van der Waals surface area contributed by atoms with Crippen LogP contribution in [0.5, 0.6) is 17.2 Å². The Morgan fingerprint density at radius 3 is 2.79 bits per heavy atom. The number of hydrogen-bond donors (Lipinski definition) is 1. The molecule has 8 heteroatoms. The number of benzene rings is 2. The van der Waals surface area contributed by atoms with Gasteiger partial charge in [-0.15, -0.1) is 0 Å². The Labute approximate surface area is 160 Å². The van der Waals surface area contributed by atoms with E-state index in [0.29, 0.717) is 12.3 Å². The van der Waals surface area contributed by atoms with Gasteiger partial charge in [-0.3, -0.25) is 0 Å². The van der Waals surface area contributed by atoms with Gasteiger partial charge < -0.3 is 19.5 Å². The number of anilines is 1. The number of hydrogen-bond acceptors (Lipinski definition) is 7. The molecular formula is C20H17N5O3. The maximum Gasteiger partial charge on any atom is 0.254 e. The lowest BCUT2D eigenvalue weighted by atomic mass is 10.1. The highest BCUT2D eigenvalue weighted by molar-refractivity contribution is 5.66. The Hall–Kier alpha value is -3.81. The summed E-state index contributed by atoms with van der Waals surface area (Å²) in [6, 6.07) is 15.6. The monoisotopic (exact) mass is 375 g/mol. The first-order chi connectivity index (χ1) is 13.8. The van der Waals surface area contributed by atoms with Crippen molar-refractivity contribution in [2.24, 2.45) is 0 Å². The van der Waals surface area contributed by atoms with Crippen LogP contribution in [-0.2, 0) is 6.54 Å². The van der Waals surface area contributed by atoms with Gasteiger partial charge in [0.05, 0.1) is 12.8 Å². The van der Waals surface area contributed by atoms with E-state index in [-0.39, 0.29) is 6.79 Å². The first-order valence-corrected chi connectivity index (χ1v) is 8.78. The summed E-state index contributed by atoms with van der Waals surface area (Å²) in [4.78, 5) is 8.84. The van der Waals surface area contributed by atoms with E-state index in [4.69, 9.17) is 14.2 Å². The Morgan fingerprint density at radius 1 is 1.07 bits per heavy atom. The highest BCUT2D eigenvalue weighted by Crippen LogP contribution is 2.32. The lowest BCUT2D eigenvalue weighted by Gasteiger charge is -2.11. The number of aromatic nitrogens is 4. The van der Waals surface area contributed by atoms with Crippen molar-refractivity contribution in [3.8, 4) is 28.5 Å². The van der Waals surface area contributed by atoms with E-state index in [1.807, 2.05) is 48.5 Å². The van der Waals surface area contributed by atoms with Crippen molar-refractivity contribution in [3.63, 3.8) is 0 Å². The zero-order chi connectivity index (χ0) is 18.9. The van der Waals surface area contributed by atoms with Crippen LogP contribution in [0.1, 0.15) is 5.56 Å². The lowest BCUT2D eigenvalue weighted by Crippen LogP contribution is -2.07. The number of nitrogens with one attached hydrogen (secondary N) is 1. The number of methoxy groups -OCH3 is 1. The van der Waals surface area contributed by atoms with E-state index in [1.165, 1.54) is 6.33 Å². The molecule has 5 rings (SSSR count). The summed E-state index contributed by atoms with van der Waals surface area (Å²) in [6.45, 7) is 0.860. The van der Waals surface area contributed by atoms with Crippen LogP contribution in [0.2, 0.25) is 0 Å². The molecule has 0 atom stereocenters. The molecule has 4 aromatic rings. The van der Waals surface area contributed by atoms with Gasteiger partial charge in [0.25, 0.3) is 5.78 Å². The molecule has 0 saturated carbocycles. The molecule has 0 fully saturated rings. The van der Waals surface area contributed by atoms with Gasteiger partial charge in [-0.2, -0.15) is 14.6 Å². The van der Waals surface area contributed by atoms with Crippen molar-refractivity contribution in [1.29, 1.82) is 0 Å². The van der Waals surface area contributed by atoms with Gasteiger partial charge >= 0.3 is 0 Å². The molecule has 1 N–H and O–H groups in total. The number of nitrogens with zero attached hydrogens (tertiary/aromatic N) is 4. The normalized spacial score (nSPS) is 12.3. The van der Waals surface area contributed by atoms with Crippen LogP contribution in [0.3, 0.4) is 0 Å². The average molecular weight is 375 g/mol.